The van der Waals surface area contributed by atoms with Crippen LogP contribution >= 0.6 is 0 Å². The number of benzene rings is 1. The number of hydrogen-bond acceptors (Lipinski definition) is 3. The zero-order valence-corrected chi connectivity index (χ0v) is 20.3. The third-order valence-electron chi connectivity index (χ3n) is 7.39. The van der Waals surface area contributed by atoms with Gasteiger partial charge in [-0.2, -0.15) is 0 Å². The van der Waals surface area contributed by atoms with Crippen LogP contribution < -0.4 is 9.80 Å². The van der Waals surface area contributed by atoms with Crippen LogP contribution in [0.4, 0.5) is 11.5 Å². The Bertz CT molecular complexity index is 948. The van der Waals surface area contributed by atoms with Crippen LogP contribution in [-0.2, 0) is 12.8 Å². The Labute approximate surface area is 188 Å². The van der Waals surface area contributed by atoms with Crippen molar-refractivity contribution in [1.82, 2.24) is 9.97 Å². The highest BCUT2D eigenvalue weighted by atomic mass is 15.2. The molecule has 2 aromatic heterocycles. The summed E-state index contributed by atoms with van der Waals surface area (Å²) >= 11 is 0. The van der Waals surface area contributed by atoms with Gasteiger partial charge in [-0.05, 0) is 48.1 Å². The monoisotopic (exact) mass is 420 g/mol. The molecule has 0 saturated heterocycles. The lowest BCUT2D eigenvalue weighted by atomic mass is 9.75. The van der Waals surface area contributed by atoms with Crippen molar-refractivity contribution in [3.63, 3.8) is 0 Å². The predicted octanol–water partition coefficient (Wildman–Crippen LogP) is 6.46. The molecule has 0 fully saturated rings. The second kappa shape index (κ2) is 10.2. The number of aryl methyl sites for hydroxylation is 1. The average molecular weight is 421 g/mol. The van der Waals surface area contributed by atoms with E-state index in [4.69, 9.17) is 0 Å². The van der Waals surface area contributed by atoms with Crippen molar-refractivity contribution in [2.75, 3.05) is 37.0 Å². The minimum Gasteiger partial charge on any atom is -0.373 e. The molecule has 0 aliphatic carbocycles. The number of aromatic nitrogens is 2. The van der Waals surface area contributed by atoms with Gasteiger partial charge < -0.3 is 14.8 Å². The number of hydrogen-bond donors (Lipinski definition) is 1. The van der Waals surface area contributed by atoms with Crippen molar-refractivity contribution < 1.29 is 0 Å². The van der Waals surface area contributed by atoms with Crippen LogP contribution in [0.2, 0.25) is 0 Å². The Morgan fingerprint density at radius 1 is 0.903 bits per heavy atom. The Hall–Kier alpha value is -2.49. The summed E-state index contributed by atoms with van der Waals surface area (Å²) in [6.45, 7) is 11.2. The van der Waals surface area contributed by atoms with E-state index in [-0.39, 0.29) is 0 Å². The Morgan fingerprint density at radius 2 is 1.61 bits per heavy atom. The number of nitrogens with one attached hydrogen (secondary N) is 1. The van der Waals surface area contributed by atoms with E-state index in [1.54, 1.807) is 0 Å². The molecule has 0 amide bonds. The van der Waals surface area contributed by atoms with Crippen LogP contribution in [0, 0.1) is 5.41 Å². The number of fused-ring (bicyclic) bond motifs is 1. The molecule has 0 unspecified atom stereocenters. The maximum Gasteiger partial charge on any atom is 0.128 e. The van der Waals surface area contributed by atoms with Crippen LogP contribution in [0.25, 0.3) is 10.9 Å². The standard InChI is InChI=1S/C27H40N4/c1-7-22-23-15-14-21(30(5)17-18-31(6)26-13-11-12-16-28-26)19-24(23)29-25(22)20-27(8-2,9-3)10-4/h11-16,19,29H,7-10,17-18,20H2,1-6H3. The zero-order valence-electron chi connectivity index (χ0n) is 20.3. The number of aromatic amines is 1. The van der Waals surface area contributed by atoms with Crippen molar-refractivity contribution in [2.24, 2.45) is 5.41 Å². The molecule has 1 N–H and O–H groups in total. The van der Waals surface area contributed by atoms with Gasteiger partial charge in [0.2, 0.25) is 0 Å². The number of likely N-dealkylation sites (N-methyl/N-ethyl adjacent to an activating group) is 2. The molecule has 0 bridgehead atoms. The number of nitrogens with zero attached hydrogens (tertiary/aromatic N) is 3. The van der Waals surface area contributed by atoms with E-state index >= 15 is 0 Å². The van der Waals surface area contributed by atoms with Crippen LogP contribution in [0.1, 0.15) is 58.2 Å². The molecule has 3 aromatic rings. The molecule has 4 heteroatoms. The summed E-state index contributed by atoms with van der Waals surface area (Å²) in [6.07, 6.45) is 7.77. The Morgan fingerprint density at radius 3 is 2.23 bits per heavy atom. The van der Waals surface area contributed by atoms with Gasteiger partial charge in [0.15, 0.2) is 0 Å². The number of rotatable bonds is 11. The molecular weight excluding hydrogens is 380 g/mol. The summed E-state index contributed by atoms with van der Waals surface area (Å²) in [5, 5.41) is 1.39. The maximum atomic E-state index is 4.44. The lowest BCUT2D eigenvalue weighted by Gasteiger charge is -2.30. The van der Waals surface area contributed by atoms with Gasteiger partial charge >= 0.3 is 0 Å². The van der Waals surface area contributed by atoms with Crippen LogP contribution in [0.5, 0.6) is 0 Å². The predicted molar refractivity (Wildman–Crippen MR) is 135 cm³/mol. The zero-order chi connectivity index (χ0) is 22.4. The quantitative estimate of drug-likeness (QED) is 0.387. The molecule has 1 aromatic carbocycles. The summed E-state index contributed by atoms with van der Waals surface area (Å²) in [5.41, 5.74) is 5.87. The summed E-state index contributed by atoms with van der Waals surface area (Å²) in [7, 11) is 4.28. The fourth-order valence-corrected chi connectivity index (χ4v) is 4.71. The van der Waals surface area contributed by atoms with Crippen LogP contribution in [-0.4, -0.2) is 37.2 Å². The fraction of sp³-hybridized carbons (Fsp3) is 0.519. The molecule has 31 heavy (non-hydrogen) atoms. The van der Waals surface area contributed by atoms with Gasteiger partial charge in [-0.25, -0.2) is 4.98 Å². The number of H-pyrrole nitrogens is 1. The summed E-state index contributed by atoms with van der Waals surface area (Å²) < 4.78 is 0. The van der Waals surface area contributed by atoms with Crippen molar-refractivity contribution in [3.8, 4) is 0 Å². The third kappa shape index (κ3) is 5.06. The van der Waals surface area contributed by atoms with E-state index in [2.05, 4.69) is 85.8 Å². The first kappa shape index (κ1) is 23.2. The van der Waals surface area contributed by atoms with Gasteiger partial charge in [0.1, 0.15) is 5.82 Å². The topological polar surface area (TPSA) is 35.2 Å². The second-order valence-electron chi connectivity index (χ2n) is 8.93. The lowest BCUT2D eigenvalue weighted by molar-refractivity contribution is 0.246. The summed E-state index contributed by atoms with van der Waals surface area (Å²) in [6, 6.07) is 13.0. The fourth-order valence-electron chi connectivity index (χ4n) is 4.71. The molecule has 0 atom stereocenters. The van der Waals surface area contributed by atoms with Gasteiger partial charge in [0.25, 0.3) is 0 Å². The van der Waals surface area contributed by atoms with E-state index in [1.165, 1.54) is 47.1 Å². The molecule has 3 rings (SSSR count). The minimum atomic E-state index is 0.403. The largest absolute Gasteiger partial charge is 0.373 e. The third-order valence-corrected chi connectivity index (χ3v) is 7.39. The maximum absolute atomic E-state index is 4.44. The first-order valence-corrected chi connectivity index (χ1v) is 11.9. The highest BCUT2D eigenvalue weighted by Gasteiger charge is 2.26. The van der Waals surface area contributed by atoms with Crippen molar-refractivity contribution >= 4 is 22.4 Å². The molecule has 0 radical (unpaired) electrons. The summed E-state index contributed by atoms with van der Waals surface area (Å²) in [5.74, 6) is 1.01. The van der Waals surface area contributed by atoms with Gasteiger partial charge in [0.05, 0.1) is 0 Å². The van der Waals surface area contributed by atoms with E-state index < -0.39 is 0 Å². The van der Waals surface area contributed by atoms with Crippen molar-refractivity contribution in [3.05, 3.63) is 53.9 Å². The molecule has 0 spiro atoms. The molecule has 0 aliphatic rings. The van der Waals surface area contributed by atoms with Crippen molar-refractivity contribution in [1.29, 1.82) is 0 Å². The smallest absolute Gasteiger partial charge is 0.128 e. The van der Waals surface area contributed by atoms with E-state index in [1.807, 2.05) is 18.3 Å². The van der Waals surface area contributed by atoms with E-state index in [9.17, 15) is 0 Å². The van der Waals surface area contributed by atoms with Crippen LogP contribution in [0.3, 0.4) is 0 Å². The van der Waals surface area contributed by atoms with Crippen LogP contribution in [0.15, 0.2) is 42.6 Å². The van der Waals surface area contributed by atoms with Gasteiger partial charge in [-0.15, -0.1) is 0 Å². The average Bonchev–Trinajstić information content (AvgIpc) is 3.17. The highest BCUT2D eigenvalue weighted by molar-refractivity contribution is 5.87. The normalized spacial score (nSPS) is 11.8. The lowest BCUT2D eigenvalue weighted by Crippen LogP contribution is -2.31. The molecule has 0 aliphatic heterocycles. The van der Waals surface area contributed by atoms with Gasteiger partial charge in [-0.3, -0.25) is 0 Å². The van der Waals surface area contributed by atoms with Gasteiger partial charge in [0, 0.05) is 55.7 Å². The van der Waals surface area contributed by atoms with Gasteiger partial charge in [-0.1, -0.05) is 59.1 Å². The Balaban J connectivity index is 1.79. The first-order chi connectivity index (χ1) is 15.0. The molecule has 0 saturated carbocycles. The molecule has 168 valence electrons. The summed E-state index contributed by atoms with van der Waals surface area (Å²) in [4.78, 5) is 12.8. The number of anilines is 2. The molecule has 2 heterocycles. The number of pyridine rings is 1. The minimum absolute atomic E-state index is 0.403. The van der Waals surface area contributed by atoms with E-state index in [0.717, 1.165) is 31.7 Å². The SMILES string of the molecule is CCc1c(CC(CC)(CC)CC)[nH]c2cc(N(C)CCN(C)c3ccccn3)ccc12. The first-order valence-electron chi connectivity index (χ1n) is 11.9. The second-order valence-corrected chi connectivity index (χ2v) is 8.93. The Kier molecular flexibility index (Phi) is 7.64. The van der Waals surface area contributed by atoms with E-state index in [0.29, 0.717) is 5.41 Å². The molecular formula is C27H40N4. The molecule has 4 nitrogen and oxygen atoms in total. The highest BCUT2D eigenvalue weighted by Crippen LogP contribution is 2.37. The van der Waals surface area contributed by atoms with Crippen molar-refractivity contribution in [2.45, 2.75) is 59.8 Å².